The Morgan fingerprint density at radius 1 is 1.30 bits per heavy atom. The Kier molecular flexibility index (Phi) is 5.29. The zero-order chi connectivity index (χ0) is 14.5. The molecule has 0 saturated carbocycles. The van der Waals surface area contributed by atoms with Crippen LogP contribution in [0, 0.1) is 6.92 Å². The first-order chi connectivity index (χ1) is 9.65. The van der Waals surface area contributed by atoms with E-state index in [1.54, 1.807) is 0 Å². The maximum Gasteiger partial charge on any atom is 0.0518 e. The summed E-state index contributed by atoms with van der Waals surface area (Å²) in [5.41, 5.74) is 7.61. The first kappa shape index (κ1) is 15.2. The molecule has 1 aromatic carbocycles. The number of pyridine rings is 1. The fourth-order valence-corrected chi connectivity index (χ4v) is 2.64. The average molecular weight is 334 g/mol. The SMILES string of the molecule is CCc1ccc(CC(NN)c2cccc(Br)c2C)nc1. The van der Waals surface area contributed by atoms with Crippen LogP contribution in [0.25, 0.3) is 0 Å². The molecule has 3 nitrogen and oxygen atoms in total. The van der Waals surface area contributed by atoms with Crippen LogP contribution in [0.1, 0.15) is 35.3 Å². The molecule has 0 fully saturated rings. The van der Waals surface area contributed by atoms with Crippen LogP contribution in [0.2, 0.25) is 0 Å². The molecule has 1 heterocycles. The summed E-state index contributed by atoms with van der Waals surface area (Å²) in [4.78, 5) is 4.51. The summed E-state index contributed by atoms with van der Waals surface area (Å²) in [5.74, 6) is 5.73. The largest absolute Gasteiger partial charge is 0.271 e. The first-order valence-electron chi connectivity index (χ1n) is 6.80. The second-order valence-corrected chi connectivity index (χ2v) is 5.74. The minimum absolute atomic E-state index is 0.0625. The third-order valence-corrected chi connectivity index (χ3v) is 4.45. The van der Waals surface area contributed by atoms with E-state index in [4.69, 9.17) is 5.84 Å². The number of halogens is 1. The van der Waals surface area contributed by atoms with Gasteiger partial charge in [0.05, 0.1) is 6.04 Å². The van der Waals surface area contributed by atoms with E-state index in [0.717, 1.165) is 23.0 Å². The smallest absolute Gasteiger partial charge is 0.0518 e. The van der Waals surface area contributed by atoms with Gasteiger partial charge in [-0.05, 0) is 42.2 Å². The van der Waals surface area contributed by atoms with Gasteiger partial charge in [-0.2, -0.15) is 0 Å². The number of hydrogen-bond acceptors (Lipinski definition) is 3. The number of rotatable bonds is 5. The van der Waals surface area contributed by atoms with E-state index in [1.807, 2.05) is 18.3 Å². The van der Waals surface area contributed by atoms with Crippen molar-refractivity contribution in [3.05, 3.63) is 63.4 Å². The Bertz CT molecular complexity index is 566. The number of aromatic nitrogens is 1. The van der Waals surface area contributed by atoms with Crippen molar-refractivity contribution in [1.82, 2.24) is 10.4 Å². The predicted molar refractivity (Wildman–Crippen MR) is 86.3 cm³/mol. The quantitative estimate of drug-likeness (QED) is 0.650. The Hall–Kier alpha value is -1.23. The van der Waals surface area contributed by atoms with E-state index in [2.05, 4.69) is 58.4 Å². The van der Waals surface area contributed by atoms with Gasteiger partial charge in [0.1, 0.15) is 0 Å². The lowest BCUT2D eigenvalue weighted by atomic mass is 9.97. The Morgan fingerprint density at radius 3 is 2.70 bits per heavy atom. The lowest BCUT2D eigenvalue weighted by Gasteiger charge is -2.19. The Balaban J connectivity index is 2.21. The number of aryl methyl sites for hydroxylation is 1. The van der Waals surface area contributed by atoms with Gasteiger partial charge in [0.25, 0.3) is 0 Å². The fraction of sp³-hybridized carbons (Fsp3) is 0.312. The highest BCUT2D eigenvalue weighted by atomic mass is 79.9. The van der Waals surface area contributed by atoms with Gasteiger partial charge in [0.15, 0.2) is 0 Å². The van der Waals surface area contributed by atoms with E-state index < -0.39 is 0 Å². The number of hydrogen-bond donors (Lipinski definition) is 2. The predicted octanol–water partition coefficient (Wildman–Crippen LogP) is 3.46. The molecule has 4 heteroatoms. The van der Waals surface area contributed by atoms with Crippen molar-refractivity contribution < 1.29 is 0 Å². The molecule has 106 valence electrons. The monoisotopic (exact) mass is 333 g/mol. The van der Waals surface area contributed by atoms with Gasteiger partial charge in [0.2, 0.25) is 0 Å². The van der Waals surface area contributed by atoms with Crippen LogP contribution in [0.15, 0.2) is 41.0 Å². The van der Waals surface area contributed by atoms with Crippen LogP contribution in [0.3, 0.4) is 0 Å². The molecular formula is C16H20BrN3. The van der Waals surface area contributed by atoms with Gasteiger partial charge in [0, 0.05) is 22.8 Å². The lowest BCUT2D eigenvalue weighted by molar-refractivity contribution is 0.543. The minimum atomic E-state index is 0.0625. The molecule has 1 atom stereocenters. The van der Waals surface area contributed by atoms with Crippen LogP contribution >= 0.6 is 15.9 Å². The molecule has 3 N–H and O–H groups in total. The van der Waals surface area contributed by atoms with E-state index in [-0.39, 0.29) is 6.04 Å². The maximum atomic E-state index is 5.73. The van der Waals surface area contributed by atoms with Crippen LogP contribution in [-0.4, -0.2) is 4.98 Å². The highest BCUT2D eigenvalue weighted by Gasteiger charge is 2.14. The summed E-state index contributed by atoms with van der Waals surface area (Å²) in [6.07, 6.45) is 3.73. The van der Waals surface area contributed by atoms with Crippen molar-refractivity contribution in [2.45, 2.75) is 32.7 Å². The van der Waals surface area contributed by atoms with Crippen LogP contribution in [-0.2, 0) is 12.8 Å². The molecule has 2 rings (SSSR count). The zero-order valence-electron chi connectivity index (χ0n) is 11.9. The Labute approximate surface area is 128 Å². The molecule has 0 aliphatic carbocycles. The fourth-order valence-electron chi connectivity index (χ4n) is 2.25. The number of nitrogens with one attached hydrogen (secondary N) is 1. The van der Waals surface area contributed by atoms with E-state index in [0.29, 0.717) is 0 Å². The van der Waals surface area contributed by atoms with Crippen molar-refractivity contribution in [3.8, 4) is 0 Å². The van der Waals surface area contributed by atoms with Crippen LogP contribution < -0.4 is 11.3 Å². The van der Waals surface area contributed by atoms with Crippen molar-refractivity contribution in [2.24, 2.45) is 5.84 Å². The molecular weight excluding hydrogens is 314 g/mol. The second-order valence-electron chi connectivity index (χ2n) is 4.89. The normalized spacial score (nSPS) is 12.4. The Morgan fingerprint density at radius 2 is 2.10 bits per heavy atom. The average Bonchev–Trinajstić information content (AvgIpc) is 2.48. The van der Waals surface area contributed by atoms with Crippen molar-refractivity contribution in [3.63, 3.8) is 0 Å². The van der Waals surface area contributed by atoms with Gasteiger partial charge in [-0.1, -0.05) is 41.1 Å². The molecule has 20 heavy (non-hydrogen) atoms. The van der Waals surface area contributed by atoms with E-state index >= 15 is 0 Å². The third kappa shape index (κ3) is 3.45. The zero-order valence-corrected chi connectivity index (χ0v) is 13.4. The molecule has 0 aliphatic rings. The van der Waals surface area contributed by atoms with Crippen molar-refractivity contribution >= 4 is 15.9 Å². The molecule has 0 radical (unpaired) electrons. The molecule has 1 unspecified atom stereocenters. The minimum Gasteiger partial charge on any atom is -0.271 e. The van der Waals surface area contributed by atoms with Gasteiger partial charge >= 0.3 is 0 Å². The second kappa shape index (κ2) is 6.97. The van der Waals surface area contributed by atoms with Gasteiger partial charge in [-0.3, -0.25) is 16.3 Å². The highest BCUT2D eigenvalue weighted by Crippen LogP contribution is 2.26. The molecule has 0 aliphatic heterocycles. The molecule has 2 aromatic rings. The number of nitrogens with two attached hydrogens (primary N) is 1. The van der Waals surface area contributed by atoms with Crippen LogP contribution in [0.5, 0.6) is 0 Å². The molecule has 1 aromatic heterocycles. The lowest BCUT2D eigenvalue weighted by Crippen LogP contribution is -2.30. The topological polar surface area (TPSA) is 50.9 Å². The van der Waals surface area contributed by atoms with E-state index in [1.165, 1.54) is 16.7 Å². The maximum absolute atomic E-state index is 5.73. The van der Waals surface area contributed by atoms with Crippen molar-refractivity contribution in [2.75, 3.05) is 0 Å². The van der Waals surface area contributed by atoms with Crippen molar-refractivity contribution in [1.29, 1.82) is 0 Å². The molecule has 0 saturated heterocycles. The summed E-state index contributed by atoms with van der Waals surface area (Å²) in [6, 6.07) is 10.4. The summed E-state index contributed by atoms with van der Waals surface area (Å²) in [5, 5.41) is 0. The highest BCUT2D eigenvalue weighted by molar-refractivity contribution is 9.10. The third-order valence-electron chi connectivity index (χ3n) is 3.59. The van der Waals surface area contributed by atoms with E-state index in [9.17, 15) is 0 Å². The number of hydrazine groups is 1. The van der Waals surface area contributed by atoms with Gasteiger partial charge in [-0.15, -0.1) is 0 Å². The van der Waals surface area contributed by atoms with Gasteiger partial charge < -0.3 is 0 Å². The summed E-state index contributed by atoms with van der Waals surface area (Å²) in [7, 11) is 0. The first-order valence-corrected chi connectivity index (χ1v) is 7.60. The molecule has 0 spiro atoms. The standard InChI is InChI=1S/C16H20BrN3/c1-3-12-7-8-13(19-10-12)9-16(20-18)14-5-4-6-15(17)11(14)2/h4-8,10,16,20H,3,9,18H2,1-2H3. The van der Waals surface area contributed by atoms with Gasteiger partial charge in [-0.25, -0.2) is 0 Å². The molecule has 0 amide bonds. The summed E-state index contributed by atoms with van der Waals surface area (Å²) in [6.45, 7) is 4.23. The van der Waals surface area contributed by atoms with Crippen LogP contribution in [0.4, 0.5) is 0 Å². The number of nitrogens with zero attached hydrogens (tertiary/aromatic N) is 1. The molecule has 0 bridgehead atoms. The number of benzene rings is 1. The summed E-state index contributed by atoms with van der Waals surface area (Å²) >= 11 is 3.56. The summed E-state index contributed by atoms with van der Waals surface area (Å²) < 4.78 is 1.10.